The molecule has 102 valence electrons. The number of nitrogens with zero attached hydrogens (tertiary/aromatic N) is 1. The molecule has 0 N–H and O–H groups in total. The summed E-state index contributed by atoms with van der Waals surface area (Å²) in [6, 6.07) is 6.10. The van der Waals surface area contributed by atoms with E-state index in [-0.39, 0.29) is 5.92 Å². The standard InChI is InChI=1S/C16H21NO2/c1-11-8-13-6-7-14(19-2)9-15(13)17(10-11)16(18)12-4-3-5-12/h6-7,9,11-12H,3-5,8,10H2,1-2H3. The van der Waals surface area contributed by atoms with Gasteiger partial charge in [-0.1, -0.05) is 19.4 Å². The number of fused-ring (bicyclic) bond motifs is 1. The molecule has 3 nitrogen and oxygen atoms in total. The van der Waals surface area contributed by atoms with Gasteiger partial charge in [0.15, 0.2) is 0 Å². The van der Waals surface area contributed by atoms with E-state index in [1.165, 1.54) is 12.0 Å². The van der Waals surface area contributed by atoms with Gasteiger partial charge >= 0.3 is 0 Å². The van der Waals surface area contributed by atoms with Crippen LogP contribution in [0.5, 0.6) is 5.75 Å². The van der Waals surface area contributed by atoms with E-state index in [1.807, 2.05) is 17.0 Å². The lowest BCUT2D eigenvalue weighted by atomic mass is 9.83. The molecule has 0 saturated heterocycles. The number of benzene rings is 1. The van der Waals surface area contributed by atoms with Gasteiger partial charge in [0, 0.05) is 18.5 Å². The van der Waals surface area contributed by atoms with Crippen LogP contribution in [0.15, 0.2) is 18.2 Å². The number of hydrogen-bond donors (Lipinski definition) is 0. The number of hydrogen-bond acceptors (Lipinski definition) is 2. The van der Waals surface area contributed by atoms with E-state index in [2.05, 4.69) is 13.0 Å². The Morgan fingerprint density at radius 1 is 1.37 bits per heavy atom. The number of methoxy groups -OCH3 is 1. The van der Waals surface area contributed by atoms with E-state index in [4.69, 9.17) is 4.74 Å². The molecule has 0 aromatic heterocycles. The second-order valence-corrected chi connectivity index (χ2v) is 5.88. The zero-order valence-electron chi connectivity index (χ0n) is 11.7. The van der Waals surface area contributed by atoms with E-state index in [0.717, 1.165) is 37.2 Å². The summed E-state index contributed by atoms with van der Waals surface area (Å²) in [6.45, 7) is 3.06. The van der Waals surface area contributed by atoms with Crippen LogP contribution in [0.25, 0.3) is 0 Å². The van der Waals surface area contributed by atoms with E-state index in [0.29, 0.717) is 11.8 Å². The van der Waals surface area contributed by atoms with Gasteiger partial charge in [-0.05, 0) is 36.8 Å². The van der Waals surface area contributed by atoms with Gasteiger partial charge in [-0.25, -0.2) is 0 Å². The van der Waals surface area contributed by atoms with E-state index in [1.54, 1.807) is 7.11 Å². The maximum absolute atomic E-state index is 12.6. The molecular weight excluding hydrogens is 238 g/mol. The number of anilines is 1. The molecule has 1 heterocycles. The second kappa shape index (κ2) is 4.87. The SMILES string of the molecule is COc1ccc2c(c1)N(C(=O)C1CCC1)CC(C)C2. The van der Waals surface area contributed by atoms with Gasteiger partial charge in [0.05, 0.1) is 12.8 Å². The molecule has 0 bridgehead atoms. The Bertz CT molecular complexity index is 494. The summed E-state index contributed by atoms with van der Waals surface area (Å²) in [6.07, 6.45) is 4.37. The lowest BCUT2D eigenvalue weighted by Gasteiger charge is -2.37. The van der Waals surface area contributed by atoms with Crippen LogP contribution in [0.3, 0.4) is 0 Å². The molecule has 3 heteroatoms. The Morgan fingerprint density at radius 2 is 2.16 bits per heavy atom. The average Bonchev–Trinajstić information content (AvgIpc) is 2.35. The summed E-state index contributed by atoms with van der Waals surface area (Å²) in [5, 5.41) is 0. The minimum atomic E-state index is 0.254. The predicted molar refractivity (Wildman–Crippen MR) is 75.6 cm³/mol. The molecule has 1 aliphatic carbocycles. The third-order valence-electron chi connectivity index (χ3n) is 4.37. The number of carbonyl (C=O) groups is 1. The zero-order chi connectivity index (χ0) is 13.4. The number of rotatable bonds is 2. The number of carbonyl (C=O) groups excluding carboxylic acids is 1. The summed E-state index contributed by atoms with van der Waals surface area (Å²) < 4.78 is 5.30. The molecule has 1 aliphatic heterocycles. The quantitative estimate of drug-likeness (QED) is 0.817. The largest absolute Gasteiger partial charge is 0.497 e. The van der Waals surface area contributed by atoms with Gasteiger partial charge < -0.3 is 9.64 Å². The van der Waals surface area contributed by atoms with Crippen molar-refractivity contribution in [3.05, 3.63) is 23.8 Å². The molecule has 0 radical (unpaired) electrons. The molecule has 1 unspecified atom stereocenters. The van der Waals surface area contributed by atoms with Crippen molar-refractivity contribution in [1.82, 2.24) is 0 Å². The predicted octanol–water partition coefficient (Wildman–Crippen LogP) is 3.02. The van der Waals surface area contributed by atoms with Gasteiger partial charge in [-0.2, -0.15) is 0 Å². The Morgan fingerprint density at radius 3 is 2.79 bits per heavy atom. The molecule has 3 rings (SSSR count). The first-order chi connectivity index (χ1) is 9.19. The maximum Gasteiger partial charge on any atom is 0.230 e. The van der Waals surface area contributed by atoms with Gasteiger partial charge in [-0.15, -0.1) is 0 Å². The van der Waals surface area contributed by atoms with Gasteiger partial charge in [0.1, 0.15) is 5.75 Å². The van der Waals surface area contributed by atoms with Crippen molar-refractivity contribution in [2.24, 2.45) is 11.8 Å². The van der Waals surface area contributed by atoms with Crippen molar-refractivity contribution < 1.29 is 9.53 Å². The minimum Gasteiger partial charge on any atom is -0.497 e. The van der Waals surface area contributed by atoms with Crippen molar-refractivity contribution in [1.29, 1.82) is 0 Å². The third-order valence-corrected chi connectivity index (χ3v) is 4.37. The van der Waals surface area contributed by atoms with Crippen LogP contribution in [0.2, 0.25) is 0 Å². The van der Waals surface area contributed by atoms with E-state index >= 15 is 0 Å². The van der Waals surface area contributed by atoms with Gasteiger partial charge in [0.2, 0.25) is 5.91 Å². The summed E-state index contributed by atoms with van der Waals surface area (Å²) in [5.74, 6) is 1.93. The fourth-order valence-corrected chi connectivity index (χ4v) is 3.03. The van der Waals surface area contributed by atoms with Crippen LogP contribution < -0.4 is 9.64 Å². The van der Waals surface area contributed by atoms with Crippen LogP contribution >= 0.6 is 0 Å². The highest BCUT2D eigenvalue weighted by Gasteiger charge is 2.34. The smallest absolute Gasteiger partial charge is 0.230 e. The highest BCUT2D eigenvalue weighted by Crippen LogP contribution is 2.36. The summed E-state index contributed by atoms with van der Waals surface area (Å²) in [4.78, 5) is 14.6. The first kappa shape index (κ1) is 12.5. The van der Waals surface area contributed by atoms with Crippen LogP contribution in [-0.2, 0) is 11.2 Å². The third kappa shape index (κ3) is 2.22. The molecule has 1 aromatic carbocycles. The van der Waals surface area contributed by atoms with Crippen molar-refractivity contribution in [3.8, 4) is 5.75 Å². The van der Waals surface area contributed by atoms with Crippen LogP contribution in [0.4, 0.5) is 5.69 Å². The monoisotopic (exact) mass is 259 g/mol. The van der Waals surface area contributed by atoms with Crippen molar-refractivity contribution in [3.63, 3.8) is 0 Å². The second-order valence-electron chi connectivity index (χ2n) is 5.88. The van der Waals surface area contributed by atoms with Crippen LogP contribution in [0.1, 0.15) is 31.7 Å². The zero-order valence-corrected chi connectivity index (χ0v) is 11.7. The Labute approximate surface area is 114 Å². The molecule has 1 amide bonds. The van der Waals surface area contributed by atoms with E-state index < -0.39 is 0 Å². The minimum absolute atomic E-state index is 0.254. The fourth-order valence-electron chi connectivity index (χ4n) is 3.03. The number of amides is 1. The Kier molecular flexibility index (Phi) is 3.21. The highest BCUT2D eigenvalue weighted by molar-refractivity contribution is 5.96. The van der Waals surface area contributed by atoms with Crippen molar-refractivity contribution >= 4 is 11.6 Å². The fraction of sp³-hybridized carbons (Fsp3) is 0.562. The Hall–Kier alpha value is -1.51. The van der Waals surface area contributed by atoms with Crippen molar-refractivity contribution in [2.75, 3.05) is 18.6 Å². The van der Waals surface area contributed by atoms with E-state index in [9.17, 15) is 4.79 Å². The molecular formula is C16H21NO2. The van der Waals surface area contributed by atoms with Crippen LogP contribution in [0, 0.1) is 11.8 Å². The Balaban J connectivity index is 1.94. The average molecular weight is 259 g/mol. The molecule has 19 heavy (non-hydrogen) atoms. The summed E-state index contributed by atoms with van der Waals surface area (Å²) >= 11 is 0. The molecule has 1 saturated carbocycles. The first-order valence-electron chi connectivity index (χ1n) is 7.17. The lowest BCUT2D eigenvalue weighted by molar-refractivity contribution is -0.124. The molecule has 1 fully saturated rings. The summed E-state index contributed by atoms with van der Waals surface area (Å²) in [7, 11) is 1.67. The van der Waals surface area contributed by atoms with Gasteiger partial charge in [-0.3, -0.25) is 4.79 Å². The lowest BCUT2D eigenvalue weighted by Crippen LogP contribution is -2.44. The molecule has 1 aromatic rings. The summed E-state index contributed by atoms with van der Waals surface area (Å²) in [5.41, 5.74) is 2.33. The molecule has 1 atom stereocenters. The highest BCUT2D eigenvalue weighted by atomic mass is 16.5. The normalized spacial score (nSPS) is 22.6. The molecule has 2 aliphatic rings. The maximum atomic E-state index is 12.6. The first-order valence-corrected chi connectivity index (χ1v) is 7.17. The van der Waals surface area contributed by atoms with Crippen molar-refractivity contribution in [2.45, 2.75) is 32.6 Å². The number of ether oxygens (including phenoxy) is 1. The van der Waals surface area contributed by atoms with Gasteiger partial charge in [0.25, 0.3) is 0 Å². The topological polar surface area (TPSA) is 29.5 Å². The molecule has 0 spiro atoms. The van der Waals surface area contributed by atoms with Crippen LogP contribution in [-0.4, -0.2) is 19.6 Å².